The lowest BCUT2D eigenvalue weighted by Gasteiger charge is -2.40. The van der Waals surface area contributed by atoms with E-state index >= 15 is 0 Å². The molecule has 1 aliphatic carbocycles. The number of imide groups is 1. The minimum absolute atomic E-state index is 0.212. The van der Waals surface area contributed by atoms with Gasteiger partial charge in [-0.3, -0.25) is 38.5 Å². The number of nitrogens with zero attached hydrogens (tertiary/aromatic N) is 7. The van der Waals surface area contributed by atoms with Gasteiger partial charge in [0.15, 0.2) is 0 Å². The van der Waals surface area contributed by atoms with E-state index in [-0.39, 0.29) is 23.9 Å². The predicted molar refractivity (Wildman–Crippen MR) is 204 cm³/mol. The molecule has 5 heterocycles. The fourth-order valence-electron chi connectivity index (χ4n) is 8.64. The van der Waals surface area contributed by atoms with Crippen LogP contribution in [0.4, 0.5) is 11.4 Å². The highest BCUT2D eigenvalue weighted by Gasteiger charge is 2.33. The Bertz CT molecular complexity index is 2230. The number of para-hydroxylation sites is 1. The van der Waals surface area contributed by atoms with Crippen molar-refractivity contribution in [2.75, 3.05) is 44.0 Å². The zero-order valence-corrected chi connectivity index (χ0v) is 31.1. The quantitative estimate of drug-likeness (QED) is 0.205. The number of carbonyl (C=O) groups excluding carboxylic acids is 3. The molecule has 3 amide bonds. The van der Waals surface area contributed by atoms with Crippen LogP contribution in [0.2, 0.25) is 0 Å². The number of methoxy groups -OCH3 is 1. The van der Waals surface area contributed by atoms with Gasteiger partial charge < -0.3 is 19.9 Å². The van der Waals surface area contributed by atoms with Gasteiger partial charge in [-0.2, -0.15) is 5.10 Å². The van der Waals surface area contributed by atoms with Crippen LogP contribution in [0.5, 0.6) is 5.75 Å². The summed E-state index contributed by atoms with van der Waals surface area (Å²) in [5.74, 6) is 0.280. The lowest BCUT2D eigenvalue weighted by atomic mass is 9.85. The highest BCUT2D eigenvalue weighted by atomic mass is 32.1. The molecule has 14 nitrogen and oxygen atoms in total. The van der Waals surface area contributed by atoms with Gasteiger partial charge in [-0.1, -0.05) is 6.07 Å². The van der Waals surface area contributed by atoms with Crippen molar-refractivity contribution in [3.8, 4) is 5.75 Å². The van der Waals surface area contributed by atoms with Gasteiger partial charge in [-0.25, -0.2) is 4.79 Å². The van der Waals surface area contributed by atoms with Crippen molar-refractivity contribution in [1.29, 1.82) is 0 Å². The molecule has 2 aliphatic heterocycles. The van der Waals surface area contributed by atoms with E-state index in [0.29, 0.717) is 40.7 Å². The van der Waals surface area contributed by atoms with E-state index in [4.69, 9.17) is 9.84 Å². The monoisotopic (exact) mass is 739 g/mol. The Morgan fingerprint density at radius 3 is 2.58 bits per heavy atom. The van der Waals surface area contributed by atoms with E-state index in [0.717, 1.165) is 85.8 Å². The van der Waals surface area contributed by atoms with Gasteiger partial charge in [0.1, 0.15) is 16.7 Å². The summed E-state index contributed by atoms with van der Waals surface area (Å²) in [5.41, 5.74) is 5.42. The number of anilines is 2. The predicted octanol–water partition coefficient (Wildman–Crippen LogP) is 4.72. The summed E-state index contributed by atoms with van der Waals surface area (Å²) in [6, 6.07) is 9.86. The molecule has 0 bridgehead atoms. The fourth-order valence-corrected chi connectivity index (χ4v) is 9.15. The molecule has 8 rings (SSSR count). The first kappa shape index (κ1) is 35.0. The maximum absolute atomic E-state index is 13.4. The largest absolute Gasteiger partial charge is 0.494 e. The molecule has 2 N–H and O–H groups in total. The SMILES string of the molecule is COc1cc2nn([C@H]3CC[C@H](CN(C)C4CCN(c5cccc6c5n(C)c(=O)n6C5CCC(=O)NC5=O)CC4)CC3)cc2cc1NC(=O)c1cncs1. The lowest BCUT2D eigenvalue weighted by molar-refractivity contribution is -0.135. The molecule has 3 aromatic heterocycles. The van der Waals surface area contributed by atoms with E-state index in [9.17, 15) is 19.2 Å². The molecule has 2 saturated heterocycles. The number of nitrogens with one attached hydrogen (secondary N) is 2. The number of imidazole rings is 1. The molecule has 0 spiro atoms. The number of aromatic nitrogens is 5. The number of hydrogen-bond donors (Lipinski definition) is 2. The minimum Gasteiger partial charge on any atom is -0.494 e. The Labute approximate surface area is 310 Å². The molecule has 1 atom stereocenters. The second-order valence-corrected chi connectivity index (χ2v) is 15.6. The van der Waals surface area contributed by atoms with E-state index < -0.39 is 11.9 Å². The lowest BCUT2D eigenvalue weighted by Crippen LogP contribution is -2.45. The molecule has 1 unspecified atom stereocenters. The van der Waals surface area contributed by atoms with Crippen LogP contribution in [-0.4, -0.2) is 86.4 Å². The number of carbonyl (C=O) groups is 3. The number of benzene rings is 2. The second-order valence-electron chi connectivity index (χ2n) is 14.7. The summed E-state index contributed by atoms with van der Waals surface area (Å²) in [4.78, 5) is 60.1. The van der Waals surface area contributed by atoms with E-state index in [1.165, 1.54) is 11.3 Å². The summed E-state index contributed by atoms with van der Waals surface area (Å²) in [7, 11) is 5.62. The smallest absolute Gasteiger partial charge is 0.329 e. The Kier molecular flexibility index (Phi) is 9.53. The van der Waals surface area contributed by atoms with Crippen LogP contribution in [0.25, 0.3) is 21.9 Å². The first-order valence-corrected chi connectivity index (χ1v) is 19.3. The highest BCUT2D eigenvalue weighted by molar-refractivity contribution is 7.11. The molecule has 15 heteroatoms. The van der Waals surface area contributed by atoms with Gasteiger partial charge in [0.05, 0.1) is 52.8 Å². The van der Waals surface area contributed by atoms with Crippen molar-refractivity contribution in [2.45, 2.75) is 69.5 Å². The maximum atomic E-state index is 13.4. The summed E-state index contributed by atoms with van der Waals surface area (Å²) >= 11 is 1.29. The number of aryl methyl sites for hydroxylation is 1. The average Bonchev–Trinajstić information content (AvgIpc) is 3.91. The van der Waals surface area contributed by atoms with Crippen molar-refractivity contribution < 1.29 is 19.1 Å². The van der Waals surface area contributed by atoms with Crippen molar-refractivity contribution >= 4 is 62.4 Å². The van der Waals surface area contributed by atoms with Gasteiger partial charge in [0.2, 0.25) is 11.8 Å². The van der Waals surface area contributed by atoms with E-state index in [1.807, 2.05) is 24.3 Å². The van der Waals surface area contributed by atoms with Crippen molar-refractivity contribution in [1.82, 2.24) is 34.1 Å². The van der Waals surface area contributed by atoms with Gasteiger partial charge in [0, 0.05) is 56.8 Å². The Balaban J connectivity index is 0.869. The standard InChI is InChI=1S/C38H45N9O5S/c1-43(25-13-15-45(16-14-25)29-5-4-6-30-35(29)44(2)38(51)47(30)31-11-12-34(48)41-36(31)49)20-23-7-9-26(10-8-23)46-21-24-17-28(32(52-3)18-27(24)42-46)40-37(50)33-19-39-22-53-33/h4-6,17-19,21-23,25-26,31H,7-16,20H2,1-3H3,(H,40,50)(H,41,48,49)/t23-,26-,31?. The van der Waals surface area contributed by atoms with Gasteiger partial charge in [-0.05, 0) is 76.1 Å². The number of hydrogen-bond acceptors (Lipinski definition) is 10. The minimum atomic E-state index is -0.694. The Hall–Kier alpha value is -5.02. The van der Waals surface area contributed by atoms with Gasteiger partial charge >= 0.3 is 5.69 Å². The molecular formula is C38H45N9O5S. The maximum Gasteiger partial charge on any atom is 0.329 e. The van der Waals surface area contributed by atoms with Crippen molar-refractivity contribution in [2.24, 2.45) is 13.0 Å². The molecule has 0 radical (unpaired) electrons. The van der Waals surface area contributed by atoms with Crippen LogP contribution in [0.15, 0.2) is 53.0 Å². The third-order valence-corrected chi connectivity index (χ3v) is 12.3. The first-order chi connectivity index (χ1) is 25.7. The second kappa shape index (κ2) is 14.4. The molecule has 2 aromatic carbocycles. The topological polar surface area (TPSA) is 149 Å². The zero-order chi connectivity index (χ0) is 36.8. The van der Waals surface area contributed by atoms with Crippen LogP contribution >= 0.6 is 11.3 Å². The average molecular weight is 740 g/mol. The van der Waals surface area contributed by atoms with Gasteiger partial charge in [0.25, 0.3) is 5.91 Å². The molecule has 3 fully saturated rings. The number of thiazole rings is 1. The molecular weight excluding hydrogens is 695 g/mol. The Morgan fingerprint density at radius 1 is 1.08 bits per heavy atom. The third-order valence-electron chi connectivity index (χ3n) is 11.5. The fraction of sp³-hybridized carbons (Fsp3) is 0.474. The number of fused-ring (bicyclic) bond motifs is 2. The summed E-state index contributed by atoms with van der Waals surface area (Å²) in [5, 5.41) is 11.2. The molecule has 1 saturated carbocycles. The normalized spacial score (nSPS) is 21.4. The summed E-state index contributed by atoms with van der Waals surface area (Å²) < 4.78 is 10.9. The molecule has 278 valence electrons. The number of piperidine rings is 2. The van der Waals surface area contributed by atoms with Crippen molar-refractivity contribution in [3.63, 3.8) is 0 Å². The number of amides is 3. The van der Waals surface area contributed by atoms with Crippen LogP contribution in [0.1, 0.15) is 73.1 Å². The molecule has 3 aliphatic rings. The van der Waals surface area contributed by atoms with Crippen LogP contribution in [-0.2, 0) is 16.6 Å². The highest BCUT2D eigenvalue weighted by Crippen LogP contribution is 2.37. The molecule has 53 heavy (non-hydrogen) atoms. The third kappa shape index (κ3) is 6.71. The molecule has 5 aromatic rings. The van der Waals surface area contributed by atoms with Crippen molar-refractivity contribution in [3.05, 3.63) is 63.6 Å². The van der Waals surface area contributed by atoms with Crippen LogP contribution in [0, 0.1) is 5.92 Å². The Morgan fingerprint density at radius 2 is 1.87 bits per heavy atom. The van der Waals surface area contributed by atoms with Crippen LogP contribution in [0.3, 0.4) is 0 Å². The van der Waals surface area contributed by atoms with Gasteiger partial charge in [-0.15, -0.1) is 11.3 Å². The van der Waals surface area contributed by atoms with Crippen LogP contribution < -0.4 is 26.0 Å². The summed E-state index contributed by atoms with van der Waals surface area (Å²) in [6.45, 7) is 2.83. The number of rotatable bonds is 9. The van der Waals surface area contributed by atoms with E-state index in [1.54, 1.807) is 35.0 Å². The van der Waals surface area contributed by atoms with E-state index in [2.05, 4.69) is 49.4 Å². The first-order valence-electron chi connectivity index (χ1n) is 18.4. The number of ether oxygens (including phenoxy) is 1. The zero-order valence-electron chi connectivity index (χ0n) is 30.3. The summed E-state index contributed by atoms with van der Waals surface area (Å²) in [6.07, 6.45) is 10.7.